The van der Waals surface area contributed by atoms with Gasteiger partial charge in [0.05, 0.1) is 0 Å². The number of hydrogen-bond donors (Lipinski definition) is 2. The van der Waals surface area contributed by atoms with Gasteiger partial charge in [-0.15, -0.1) is 0 Å². The molecule has 0 spiro atoms. The molecule has 0 unspecified atom stereocenters. The first-order valence-electron chi connectivity index (χ1n) is 6.14. The van der Waals surface area contributed by atoms with E-state index in [1.165, 1.54) is 5.56 Å². The van der Waals surface area contributed by atoms with Gasteiger partial charge in [0.1, 0.15) is 12.1 Å². The molecule has 0 atom stereocenters. The summed E-state index contributed by atoms with van der Waals surface area (Å²) in [6.07, 6.45) is 5.31. The standard InChI is InChI=1S/C12H18N4O/c1-2-13-11(17)6-7-14-12-9-4-3-5-10(9)15-8-16-12/h8H,2-7H2,1H3,(H,13,17)(H,14,15,16). The lowest BCUT2D eigenvalue weighted by Crippen LogP contribution is -2.25. The summed E-state index contributed by atoms with van der Waals surface area (Å²) >= 11 is 0. The Bertz CT molecular complexity index is 405. The molecule has 1 aromatic rings. The molecule has 2 rings (SSSR count). The van der Waals surface area contributed by atoms with E-state index in [2.05, 4.69) is 20.6 Å². The van der Waals surface area contributed by atoms with Crippen LogP contribution in [0.15, 0.2) is 6.33 Å². The van der Waals surface area contributed by atoms with Crippen LogP contribution in [0.3, 0.4) is 0 Å². The maximum absolute atomic E-state index is 11.3. The summed E-state index contributed by atoms with van der Waals surface area (Å²) < 4.78 is 0. The van der Waals surface area contributed by atoms with Crippen LogP contribution in [-0.2, 0) is 17.6 Å². The van der Waals surface area contributed by atoms with Crippen molar-refractivity contribution in [2.45, 2.75) is 32.6 Å². The average molecular weight is 234 g/mol. The van der Waals surface area contributed by atoms with Gasteiger partial charge in [-0.1, -0.05) is 0 Å². The third-order valence-electron chi connectivity index (χ3n) is 2.89. The van der Waals surface area contributed by atoms with Crippen molar-refractivity contribution < 1.29 is 4.79 Å². The number of anilines is 1. The number of aromatic nitrogens is 2. The number of nitrogens with one attached hydrogen (secondary N) is 2. The second kappa shape index (κ2) is 5.61. The van der Waals surface area contributed by atoms with Crippen molar-refractivity contribution in [3.05, 3.63) is 17.6 Å². The Morgan fingerprint density at radius 1 is 1.41 bits per heavy atom. The first-order valence-corrected chi connectivity index (χ1v) is 6.14. The lowest BCUT2D eigenvalue weighted by Gasteiger charge is -2.09. The Balaban J connectivity index is 1.87. The fourth-order valence-corrected chi connectivity index (χ4v) is 2.09. The quantitative estimate of drug-likeness (QED) is 0.794. The van der Waals surface area contributed by atoms with E-state index < -0.39 is 0 Å². The van der Waals surface area contributed by atoms with Crippen LogP contribution in [-0.4, -0.2) is 29.0 Å². The van der Waals surface area contributed by atoms with E-state index in [1.54, 1.807) is 6.33 Å². The van der Waals surface area contributed by atoms with E-state index in [9.17, 15) is 4.79 Å². The Hall–Kier alpha value is -1.65. The minimum Gasteiger partial charge on any atom is -0.369 e. The van der Waals surface area contributed by atoms with Gasteiger partial charge in [0.25, 0.3) is 0 Å². The van der Waals surface area contributed by atoms with E-state index in [0.29, 0.717) is 19.5 Å². The Labute approximate surface area is 101 Å². The van der Waals surface area contributed by atoms with E-state index in [-0.39, 0.29) is 5.91 Å². The van der Waals surface area contributed by atoms with Gasteiger partial charge in [-0.3, -0.25) is 4.79 Å². The van der Waals surface area contributed by atoms with Crippen LogP contribution < -0.4 is 10.6 Å². The lowest BCUT2D eigenvalue weighted by atomic mass is 10.2. The molecule has 0 saturated carbocycles. The van der Waals surface area contributed by atoms with Crippen molar-refractivity contribution in [1.82, 2.24) is 15.3 Å². The molecule has 5 heteroatoms. The normalized spacial score (nSPS) is 13.2. The van der Waals surface area contributed by atoms with Gasteiger partial charge in [-0.25, -0.2) is 9.97 Å². The number of amides is 1. The van der Waals surface area contributed by atoms with Gasteiger partial charge in [-0.2, -0.15) is 0 Å². The van der Waals surface area contributed by atoms with Crippen LogP contribution in [0.4, 0.5) is 5.82 Å². The van der Waals surface area contributed by atoms with Crippen molar-refractivity contribution in [2.75, 3.05) is 18.4 Å². The maximum atomic E-state index is 11.3. The number of fused-ring (bicyclic) bond motifs is 1. The van der Waals surface area contributed by atoms with Crippen molar-refractivity contribution in [1.29, 1.82) is 0 Å². The van der Waals surface area contributed by atoms with E-state index >= 15 is 0 Å². The molecule has 1 aliphatic carbocycles. The Kier molecular flexibility index (Phi) is 3.90. The fourth-order valence-electron chi connectivity index (χ4n) is 2.09. The SMILES string of the molecule is CCNC(=O)CCNc1ncnc2c1CCC2. The third-order valence-corrected chi connectivity index (χ3v) is 2.89. The second-order valence-electron chi connectivity index (χ2n) is 4.13. The maximum Gasteiger partial charge on any atom is 0.221 e. The molecular formula is C12H18N4O. The molecular weight excluding hydrogens is 216 g/mol. The Morgan fingerprint density at radius 2 is 2.29 bits per heavy atom. The second-order valence-corrected chi connectivity index (χ2v) is 4.13. The molecule has 0 aliphatic heterocycles. The molecule has 0 radical (unpaired) electrons. The lowest BCUT2D eigenvalue weighted by molar-refractivity contribution is -0.120. The molecule has 17 heavy (non-hydrogen) atoms. The highest BCUT2D eigenvalue weighted by Crippen LogP contribution is 2.24. The number of hydrogen-bond acceptors (Lipinski definition) is 4. The van der Waals surface area contributed by atoms with Crippen LogP contribution in [0.2, 0.25) is 0 Å². The summed E-state index contributed by atoms with van der Waals surface area (Å²) in [6, 6.07) is 0. The predicted molar refractivity (Wildman–Crippen MR) is 65.8 cm³/mol. The highest BCUT2D eigenvalue weighted by atomic mass is 16.1. The molecule has 1 aromatic heterocycles. The predicted octanol–water partition coefficient (Wildman–Crippen LogP) is 0.903. The monoisotopic (exact) mass is 234 g/mol. The molecule has 1 amide bonds. The van der Waals surface area contributed by atoms with Crippen molar-refractivity contribution in [2.24, 2.45) is 0 Å². The topological polar surface area (TPSA) is 66.9 Å². The molecule has 1 aliphatic rings. The third kappa shape index (κ3) is 2.93. The zero-order valence-corrected chi connectivity index (χ0v) is 10.1. The summed E-state index contributed by atoms with van der Waals surface area (Å²) in [5.74, 6) is 0.975. The van der Waals surface area contributed by atoms with Crippen molar-refractivity contribution >= 4 is 11.7 Å². The van der Waals surface area contributed by atoms with Crippen LogP contribution in [0.1, 0.15) is 31.0 Å². The number of carbonyl (C=O) groups is 1. The molecule has 0 fully saturated rings. The first kappa shape index (κ1) is 11.8. The number of rotatable bonds is 5. The smallest absolute Gasteiger partial charge is 0.221 e. The molecule has 5 nitrogen and oxygen atoms in total. The fraction of sp³-hybridized carbons (Fsp3) is 0.583. The van der Waals surface area contributed by atoms with E-state index in [1.807, 2.05) is 6.92 Å². The van der Waals surface area contributed by atoms with Gasteiger partial charge in [0, 0.05) is 30.8 Å². The molecule has 1 heterocycles. The molecule has 0 bridgehead atoms. The van der Waals surface area contributed by atoms with Gasteiger partial charge in [-0.05, 0) is 26.2 Å². The van der Waals surface area contributed by atoms with Gasteiger partial charge >= 0.3 is 0 Å². The van der Waals surface area contributed by atoms with Crippen LogP contribution in [0.5, 0.6) is 0 Å². The molecule has 2 N–H and O–H groups in total. The van der Waals surface area contributed by atoms with Crippen molar-refractivity contribution in [3.63, 3.8) is 0 Å². The number of nitrogens with zero attached hydrogens (tertiary/aromatic N) is 2. The highest BCUT2D eigenvalue weighted by molar-refractivity contribution is 5.76. The minimum absolute atomic E-state index is 0.0747. The molecule has 0 saturated heterocycles. The van der Waals surface area contributed by atoms with Crippen LogP contribution in [0.25, 0.3) is 0 Å². The molecule has 92 valence electrons. The first-order chi connectivity index (χ1) is 8.31. The molecule has 0 aromatic carbocycles. The highest BCUT2D eigenvalue weighted by Gasteiger charge is 2.16. The van der Waals surface area contributed by atoms with E-state index in [4.69, 9.17) is 0 Å². The van der Waals surface area contributed by atoms with Gasteiger partial charge in [0.15, 0.2) is 0 Å². The van der Waals surface area contributed by atoms with Crippen LogP contribution >= 0.6 is 0 Å². The zero-order valence-electron chi connectivity index (χ0n) is 10.1. The summed E-state index contributed by atoms with van der Waals surface area (Å²) in [5, 5.41) is 5.99. The van der Waals surface area contributed by atoms with Gasteiger partial charge in [0.2, 0.25) is 5.91 Å². The largest absolute Gasteiger partial charge is 0.369 e. The zero-order chi connectivity index (χ0) is 12.1. The summed E-state index contributed by atoms with van der Waals surface area (Å²) in [7, 11) is 0. The number of carbonyl (C=O) groups excluding carboxylic acids is 1. The Morgan fingerprint density at radius 3 is 3.12 bits per heavy atom. The summed E-state index contributed by atoms with van der Waals surface area (Å²) in [6.45, 7) is 3.22. The van der Waals surface area contributed by atoms with E-state index in [0.717, 1.165) is 30.8 Å². The van der Waals surface area contributed by atoms with Crippen molar-refractivity contribution in [3.8, 4) is 0 Å². The summed E-state index contributed by atoms with van der Waals surface area (Å²) in [4.78, 5) is 19.8. The summed E-state index contributed by atoms with van der Waals surface area (Å²) in [5.41, 5.74) is 2.38. The number of aryl methyl sites for hydroxylation is 1. The van der Waals surface area contributed by atoms with Crippen LogP contribution in [0, 0.1) is 0 Å². The minimum atomic E-state index is 0.0747. The average Bonchev–Trinajstić information content (AvgIpc) is 2.78. The van der Waals surface area contributed by atoms with Gasteiger partial charge < -0.3 is 10.6 Å².